The Morgan fingerprint density at radius 3 is 1.36 bits per heavy atom. The number of carbonyl (C=O) groups excluding carboxylic acids is 2. The van der Waals surface area contributed by atoms with Crippen LogP contribution in [-0.4, -0.2) is 49.0 Å². The number of rotatable bonds is 8. The second kappa shape index (κ2) is 12.9. The topological polar surface area (TPSA) is 64.7 Å². The molecule has 8 heteroatoms. The Labute approximate surface area is 205 Å². The van der Waals surface area contributed by atoms with E-state index in [9.17, 15) is 9.59 Å². The first-order chi connectivity index (χ1) is 15.6. The number of allylic oxidation sites excluding steroid dienone is 2. The van der Waals surface area contributed by atoms with Crippen LogP contribution in [0.5, 0.6) is 0 Å². The Morgan fingerprint density at radius 1 is 0.727 bits per heavy atom. The first-order valence-electron chi connectivity index (χ1n) is 10.5. The quantitative estimate of drug-likeness (QED) is 0.445. The summed E-state index contributed by atoms with van der Waals surface area (Å²) in [4.78, 5) is 27.5. The van der Waals surface area contributed by atoms with E-state index in [4.69, 9.17) is 23.2 Å². The van der Waals surface area contributed by atoms with E-state index in [1.807, 2.05) is 48.5 Å². The highest BCUT2D eigenvalue weighted by molar-refractivity contribution is 6.29. The van der Waals surface area contributed by atoms with Crippen LogP contribution in [0.2, 0.25) is 0 Å². The minimum absolute atomic E-state index is 0.200. The molecule has 0 aromatic heterocycles. The lowest BCUT2D eigenvalue weighted by atomic mass is 10.0. The predicted octanol–water partition coefficient (Wildman–Crippen LogP) is 6.49. The Morgan fingerprint density at radius 2 is 1.06 bits per heavy atom. The SMILES string of the molecule is CC(Cl)=CCN(C)C(=O)Nc1ccc(Cc2ccc(NC(=O)N(C)CC=C(C)Cl)cc2)cc1. The van der Waals surface area contributed by atoms with Gasteiger partial charge in [-0.2, -0.15) is 0 Å². The maximum absolute atomic E-state index is 12.2. The zero-order valence-corrected chi connectivity index (χ0v) is 20.9. The van der Waals surface area contributed by atoms with Gasteiger partial charge in [0.15, 0.2) is 0 Å². The summed E-state index contributed by atoms with van der Waals surface area (Å²) in [5, 5.41) is 7.03. The maximum Gasteiger partial charge on any atom is 0.321 e. The molecular weight excluding hydrogens is 459 g/mol. The molecule has 2 rings (SSSR count). The molecule has 2 aromatic rings. The predicted molar refractivity (Wildman–Crippen MR) is 138 cm³/mol. The molecule has 0 spiro atoms. The molecule has 6 nitrogen and oxygen atoms in total. The van der Waals surface area contributed by atoms with Crippen molar-refractivity contribution in [2.45, 2.75) is 20.3 Å². The van der Waals surface area contributed by atoms with Gasteiger partial charge in [0.2, 0.25) is 0 Å². The molecule has 0 aliphatic carbocycles. The van der Waals surface area contributed by atoms with Gasteiger partial charge in [-0.15, -0.1) is 0 Å². The summed E-state index contributed by atoms with van der Waals surface area (Å²) in [6, 6.07) is 15.0. The number of carbonyl (C=O) groups is 2. The molecule has 0 radical (unpaired) electrons. The summed E-state index contributed by atoms with van der Waals surface area (Å²) in [6.45, 7) is 4.43. The molecule has 0 saturated heterocycles. The van der Waals surface area contributed by atoms with Gasteiger partial charge in [-0.05, 0) is 55.7 Å². The molecular formula is C25H30Cl2N4O2. The number of anilines is 2. The van der Waals surface area contributed by atoms with Crippen LogP contribution in [0.4, 0.5) is 21.0 Å². The van der Waals surface area contributed by atoms with Crippen LogP contribution >= 0.6 is 23.2 Å². The average Bonchev–Trinajstić information content (AvgIpc) is 2.78. The molecule has 0 atom stereocenters. The minimum atomic E-state index is -0.200. The van der Waals surface area contributed by atoms with Crippen molar-refractivity contribution in [3.63, 3.8) is 0 Å². The van der Waals surface area contributed by atoms with Gasteiger partial charge in [-0.3, -0.25) is 0 Å². The summed E-state index contributed by atoms with van der Waals surface area (Å²) >= 11 is 11.6. The third kappa shape index (κ3) is 9.60. The minimum Gasteiger partial charge on any atom is -0.324 e. The van der Waals surface area contributed by atoms with E-state index in [1.165, 1.54) is 0 Å². The number of nitrogens with zero attached hydrogens (tertiary/aromatic N) is 2. The lowest BCUT2D eigenvalue weighted by Crippen LogP contribution is -2.31. The van der Waals surface area contributed by atoms with Crippen LogP contribution in [0.25, 0.3) is 0 Å². The van der Waals surface area contributed by atoms with E-state index in [1.54, 1.807) is 49.9 Å². The molecule has 33 heavy (non-hydrogen) atoms. The first-order valence-corrected chi connectivity index (χ1v) is 11.3. The number of hydrogen-bond acceptors (Lipinski definition) is 2. The third-order valence-corrected chi connectivity index (χ3v) is 5.11. The summed E-state index contributed by atoms with van der Waals surface area (Å²) in [5.41, 5.74) is 3.68. The highest BCUT2D eigenvalue weighted by Crippen LogP contribution is 2.17. The third-order valence-electron chi connectivity index (χ3n) is 4.80. The molecule has 0 aliphatic heterocycles. The van der Waals surface area contributed by atoms with E-state index >= 15 is 0 Å². The standard InChI is InChI=1S/C25H30Cl2N4O2/c1-18(26)13-15-30(3)24(32)28-22-9-5-20(6-10-22)17-21-7-11-23(12-8-21)29-25(33)31(4)16-14-19(2)27/h5-14H,15-17H2,1-4H3,(H,28,32)(H,29,33). The van der Waals surface area contributed by atoms with Crippen molar-refractivity contribution in [3.05, 3.63) is 81.9 Å². The van der Waals surface area contributed by atoms with E-state index in [2.05, 4.69) is 10.6 Å². The molecule has 176 valence electrons. The van der Waals surface area contributed by atoms with Gasteiger partial charge in [0.1, 0.15) is 0 Å². The molecule has 0 fully saturated rings. The molecule has 0 unspecified atom stereocenters. The van der Waals surface area contributed by atoms with Gasteiger partial charge in [0.05, 0.1) is 0 Å². The largest absolute Gasteiger partial charge is 0.324 e. The van der Waals surface area contributed by atoms with Crippen molar-refractivity contribution < 1.29 is 9.59 Å². The fourth-order valence-electron chi connectivity index (χ4n) is 2.78. The molecule has 2 aromatic carbocycles. The van der Waals surface area contributed by atoms with Crippen LogP contribution in [0.15, 0.2) is 70.7 Å². The molecule has 0 aliphatic rings. The lowest BCUT2D eigenvalue weighted by Gasteiger charge is -2.16. The number of amides is 4. The van der Waals surface area contributed by atoms with Crippen LogP contribution in [0.3, 0.4) is 0 Å². The van der Waals surface area contributed by atoms with Crippen molar-refractivity contribution in [2.75, 3.05) is 37.8 Å². The van der Waals surface area contributed by atoms with Gasteiger partial charge in [-0.1, -0.05) is 59.6 Å². The number of benzene rings is 2. The van der Waals surface area contributed by atoms with Crippen LogP contribution < -0.4 is 10.6 Å². The second-order valence-electron chi connectivity index (χ2n) is 7.77. The highest BCUT2D eigenvalue weighted by atomic mass is 35.5. The van der Waals surface area contributed by atoms with Gasteiger partial charge < -0.3 is 20.4 Å². The number of halogens is 2. The van der Waals surface area contributed by atoms with Crippen molar-refractivity contribution in [2.24, 2.45) is 0 Å². The molecule has 2 N–H and O–H groups in total. The van der Waals surface area contributed by atoms with Crippen LogP contribution in [0.1, 0.15) is 25.0 Å². The Balaban J connectivity index is 1.88. The van der Waals surface area contributed by atoms with Crippen molar-refractivity contribution in [1.82, 2.24) is 9.80 Å². The van der Waals surface area contributed by atoms with Crippen molar-refractivity contribution in [1.29, 1.82) is 0 Å². The van der Waals surface area contributed by atoms with Crippen molar-refractivity contribution >= 4 is 46.6 Å². The monoisotopic (exact) mass is 488 g/mol. The number of nitrogens with one attached hydrogen (secondary N) is 2. The highest BCUT2D eigenvalue weighted by Gasteiger charge is 2.09. The molecule has 0 saturated carbocycles. The first kappa shape index (κ1) is 26.3. The van der Waals surface area contributed by atoms with E-state index < -0.39 is 0 Å². The lowest BCUT2D eigenvalue weighted by molar-refractivity contribution is 0.226. The summed E-state index contributed by atoms with van der Waals surface area (Å²) < 4.78 is 0. The maximum atomic E-state index is 12.2. The average molecular weight is 489 g/mol. The zero-order valence-electron chi connectivity index (χ0n) is 19.4. The molecule has 0 bridgehead atoms. The summed E-state index contributed by atoms with van der Waals surface area (Å²) in [5.74, 6) is 0. The number of hydrogen-bond donors (Lipinski definition) is 2. The fraction of sp³-hybridized carbons (Fsp3) is 0.280. The van der Waals surface area contributed by atoms with Gasteiger partial charge >= 0.3 is 12.1 Å². The Bertz CT molecular complexity index is 913. The van der Waals surface area contributed by atoms with E-state index in [0.29, 0.717) is 23.2 Å². The second-order valence-corrected chi connectivity index (χ2v) is 8.97. The van der Waals surface area contributed by atoms with Crippen LogP contribution in [-0.2, 0) is 6.42 Å². The van der Waals surface area contributed by atoms with Crippen molar-refractivity contribution in [3.8, 4) is 0 Å². The summed E-state index contributed by atoms with van der Waals surface area (Å²) in [7, 11) is 3.42. The number of urea groups is 2. The molecule has 0 heterocycles. The van der Waals surface area contributed by atoms with Gasteiger partial charge in [0, 0.05) is 48.6 Å². The van der Waals surface area contributed by atoms with Gasteiger partial charge in [0.25, 0.3) is 0 Å². The fourth-order valence-corrected chi connectivity index (χ4v) is 2.91. The van der Waals surface area contributed by atoms with E-state index in [-0.39, 0.29) is 12.1 Å². The summed E-state index contributed by atoms with van der Waals surface area (Å²) in [6.07, 6.45) is 4.29. The number of likely N-dealkylation sites (N-methyl/N-ethyl adjacent to an activating group) is 2. The van der Waals surface area contributed by atoms with Crippen LogP contribution in [0, 0.1) is 0 Å². The Hall–Kier alpha value is -2.96. The normalized spacial score (nSPS) is 11.7. The smallest absolute Gasteiger partial charge is 0.321 e. The van der Waals surface area contributed by atoms with Gasteiger partial charge in [-0.25, -0.2) is 9.59 Å². The Kier molecular flexibility index (Phi) is 10.3. The van der Waals surface area contributed by atoms with E-state index in [0.717, 1.165) is 28.9 Å². The zero-order chi connectivity index (χ0) is 24.4. The molecule has 4 amide bonds.